The summed E-state index contributed by atoms with van der Waals surface area (Å²) in [6.45, 7) is 6.51. The number of carboxylic acid groups (broad SMARTS) is 1. The van der Waals surface area contributed by atoms with E-state index < -0.39 is 5.97 Å². The van der Waals surface area contributed by atoms with Crippen LogP contribution in [0.3, 0.4) is 0 Å². The zero-order valence-electron chi connectivity index (χ0n) is 20.6. The molecule has 1 aliphatic heterocycles. The molecule has 3 aromatic rings. The van der Waals surface area contributed by atoms with Crippen molar-refractivity contribution >= 4 is 34.4 Å². The second-order valence-corrected chi connectivity index (χ2v) is 9.73. The van der Waals surface area contributed by atoms with Gasteiger partial charge in [0, 0.05) is 30.1 Å². The Balaban J connectivity index is 1.74. The molecule has 0 fully saturated rings. The van der Waals surface area contributed by atoms with Crippen LogP contribution in [0.4, 0.5) is 5.69 Å². The maximum absolute atomic E-state index is 13.6. The molecule has 0 spiro atoms. The molecule has 1 aliphatic rings. The summed E-state index contributed by atoms with van der Waals surface area (Å²) in [7, 11) is 0. The quantitative estimate of drug-likeness (QED) is 0.417. The number of aromatic nitrogens is 1. The average molecular weight is 476 g/mol. The molecule has 0 saturated heterocycles. The minimum Gasteiger partial charge on any atom is -0.481 e. The van der Waals surface area contributed by atoms with E-state index in [1.807, 2.05) is 54.4 Å². The van der Waals surface area contributed by atoms with Crippen molar-refractivity contribution in [3.05, 3.63) is 65.4 Å². The molecule has 0 saturated carbocycles. The van der Waals surface area contributed by atoms with Crippen LogP contribution in [0.25, 0.3) is 10.9 Å². The lowest BCUT2D eigenvalue weighted by Gasteiger charge is -2.30. The fourth-order valence-electron chi connectivity index (χ4n) is 4.76. The molecule has 0 radical (unpaired) electrons. The standard InChI is InChI=1S/C28H33N3O4/c1-18(2)10-11-20-12-13-25-22(15-20)28(35)30(14-6-9-27(33)34)26(32)17-31(25)19(3)23-16-29-24-8-5-4-7-21(23)24/h4-5,7-8,12-13,15-16,18-19,29H,6,9-11,14,17H2,1-3H3,(H,33,34). The molecular formula is C28H33N3O4. The highest BCUT2D eigenvalue weighted by molar-refractivity contribution is 6.11. The fraction of sp³-hybridized carbons (Fsp3) is 0.393. The molecule has 2 heterocycles. The molecule has 35 heavy (non-hydrogen) atoms. The number of aliphatic carboxylic acids is 1. The summed E-state index contributed by atoms with van der Waals surface area (Å²) >= 11 is 0. The highest BCUT2D eigenvalue weighted by Crippen LogP contribution is 2.36. The van der Waals surface area contributed by atoms with Crippen LogP contribution in [0.5, 0.6) is 0 Å². The Morgan fingerprint density at radius 1 is 1.11 bits per heavy atom. The first-order chi connectivity index (χ1) is 16.8. The summed E-state index contributed by atoms with van der Waals surface area (Å²) < 4.78 is 0. The number of carbonyl (C=O) groups excluding carboxylic acids is 2. The average Bonchev–Trinajstić information content (AvgIpc) is 3.23. The van der Waals surface area contributed by atoms with Crippen molar-refractivity contribution in [2.45, 2.75) is 52.5 Å². The Hall–Kier alpha value is -3.61. The minimum atomic E-state index is -0.939. The number of rotatable bonds is 9. The van der Waals surface area contributed by atoms with Gasteiger partial charge in [0.15, 0.2) is 0 Å². The van der Waals surface area contributed by atoms with Crippen LogP contribution in [0.1, 0.15) is 67.6 Å². The van der Waals surface area contributed by atoms with Crippen molar-refractivity contribution in [1.82, 2.24) is 9.88 Å². The van der Waals surface area contributed by atoms with Crippen LogP contribution in [0.15, 0.2) is 48.7 Å². The summed E-state index contributed by atoms with van der Waals surface area (Å²) in [5.74, 6) is -1.06. The van der Waals surface area contributed by atoms with Gasteiger partial charge >= 0.3 is 5.97 Å². The number of aryl methyl sites for hydroxylation is 1. The van der Waals surface area contributed by atoms with Crippen LogP contribution in [-0.4, -0.2) is 45.9 Å². The summed E-state index contributed by atoms with van der Waals surface area (Å²) in [6.07, 6.45) is 3.96. The van der Waals surface area contributed by atoms with Gasteiger partial charge in [-0.25, -0.2) is 0 Å². The Kier molecular flexibility index (Phi) is 7.24. The van der Waals surface area contributed by atoms with Crippen LogP contribution in [-0.2, 0) is 16.0 Å². The van der Waals surface area contributed by atoms with E-state index in [9.17, 15) is 14.4 Å². The maximum Gasteiger partial charge on any atom is 0.303 e. The van der Waals surface area contributed by atoms with E-state index in [4.69, 9.17) is 5.11 Å². The number of carboxylic acids is 1. The first-order valence-corrected chi connectivity index (χ1v) is 12.3. The maximum atomic E-state index is 13.6. The number of aromatic amines is 1. The molecule has 7 nitrogen and oxygen atoms in total. The Labute approximate surface area is 205 Å². The Morgan fingerprint density at radius 2 is 1.89 bits per heavy atom. The predicted octanol–water partition coefficient (Wildman–Crippen LogP) is 5.17. The number of nitrogens with zero attached hydrogens (tertiary/aromatic N) is 2. The third-order valence-corrected chi connectivity index (χ3v) is 6.77. The van der Waals surface area contributed by atoms with E-state index in [2.05, 4.69) is 24.9 Å². The SMILES string of the molecule is CC(C)CCc1ccc2c(c1)C(=O)N(CCCC(=O)O)C(=O)CN2C(C)c1c[nH]c2ccccc12. The van der Waals surface area contributed by atoms with E-state index in [-0.39, 0.29) is 43.8 Å². The lowest BCUT2D eigenvalue weighted by molar-refractivity contribution is -0.137. The van der Waals surface area contributed by atoms with Crippen molar-refractivity contribution in [1.29, 1.82) is 0 Å². The molecule has 184 valence electrons. The predicted molar refractivity (Wildman–Crippen MR) is 137 cm³/mol. The van der Waals surface area contributed by atoms with Gasteiger partial charge in [0.25, 0.3) is 5.91 Å². The lowest BCUT2D eigenvalue weighted by atomic mass is 9.98. The number of H-pyrrole nitrogens is 1. The molecule has 2 amide bonds. The highest BCUT2D eigenvalue weighted by Gasteiger charge is 2.34. The number of nitrogens with one attached hydrogen (secondary N) is 1. The van der Waals surface area contributed by atoms with Gasteiger partial charge in [-0.05, 0) is 61.4 Å². The first-order valence-electron chi connectivity index (χ1n) is 12.3. The number of para-hydroxylation sites is 1. The van der Waals surface area contributed by atoms with E-state index in [0.717, 1.165) is 40.6 Å². The van der Waals surface area contributed by atoms with E-state index in [1.54, 1.807) is 0 Å². The summed E-state index contributed by atoms with van der Waals surface area (Å²) in [5.41, 5.74) is 4.36. The summed E-state index contributed by atoms with van der Waals surface area (Å²) in [5, 5.41) is 10.1. The van der Waals surface area contributed by atoms with E-state index in [0.29, 0.717) is 11.5 Å². The van der Waals surface area contributed by atoms with Gasteiger partial charge in [-0.2, -0.15) is 0 Å². The topological polar surface area (TPSA) is 93.7 Å². The molecule has 2 N–H and O–H groups in total. The number of anilines is 1. The zero-order chi connectivity index (χ0) is 25.1. The van der Waals surface area contributed by atoms with Crippen LogP contribution in [0, 0.1) is 5.92 Å². The molecule has 4 rings (SSSR count). The molecule has 7 heteroatoms. The van der Waals surface area contributed by atoms with Gasteiger partial charge in [-0.3, -0.25) is 19.3 Å². The number of fused-ring (bicyclic) bond motifs is 2. The van der Waals surface area contributed by atoms with Crippen molar-refractivity contribution in [2.75, 3.05) is 18.0 Å². The van der Waals surface area contributed by atoms with Crippen LogP contribution >= 0.6 is 0 Å². The second kappa shape index (κ2) is 10.3. The summed E-state index contributed by atoms with van der Waals surface area (Å²) in [4.78, 5) is 44.5. The molecule has 1 aromatic heterocycles. The van der Waals surface area contributed by atoms with Crippen LogP contribution in [0.2, 0.25) is 0 Å². The van der Waals surface area contributed by atoms with Gasteiger partial charge in [-0.1, -0.05) is 38.1 Å². The molecular weight excluding hydrogens is 442 g/mol. The van der Waals surface area contributed by atoms with Gasteiger partial charge < -0.3 is 15.0 Å². The van der Waals surface area contributed by atoms with Crippen molar-refractivity contribution in [3.8, 4) is 0 Å². The number of hydrogen-bond acceptors (Lipinski definition) is 4. The number of imide groups is 1. The molecule has 1 atom stereocenters. The number of benzene rings is 2. The minimum absolute atomic E-state index is 0.0395. The van der Waals surface area contributed by atoms with Crippen LogP contribution < -0.4 is 4.90 Å². The third kappa shape index (κ3) is 5.24. The largest absolute Gasteiger partial charge is 0.481 e. The number of carbonyl (C=O) groups is 3. The second-order valence-electron chi connectivity index (χ2n) is 9.73. The Bertz CT molecular complexity index is 1250. The zero-order valence-corrected chi connectivity index (χ0v) is 20.6. The lowest BCUT2D eigenvalue weighted by Crippen LogP contribution is -2.41. The van der Waals surface area contributed by atoms with Gasteiger partial charge in [0.1, 0.15) is 0 Å². The molecule has 0 bridgehead atoms. The fourth-order valence-corrected chi connectivity index (χ4v) is 4.76. The molecule has 2 aromatic carbocycles. The smallest absolute Gasteiger partial charge is 0.303 e. The van der Waals surface area contributed by atoms with Crippen molar-refractivity contribution < 1.29 is 19.5 Å². The third-order valence-electron chi connectivity index (χ3n) is 6.77. The Morgan fingerprint density at radius 3 is 2.63 bits per heavy atom. The number of amides is 2. The first kappa shape index (κ1) is 24.5. The normalized spacial score (nSPS) is 15.0. The molecule has 0 aliphatic carbocycles. The highest BCUT2D eigenvalue weighted by atomic mass is 16.4. The monoisotopic (exact) mass is 475 g/mol. The van der Waals surface area contributed by atoms with Gasteiger partial charge in [0.2, 0.25) is 5.91 Å². The summed E-state index contributed by atoms with van der Waals surface area (Å²) in [6, 6.07) is 13.8. The van der Waals surface area contributed by atoms with Gasteiger partial charge in [0.05, 0.1) is 23.8 Å². The van der Waals surface area contributed by atoms with Gasteiger partial charge in [-0.15, -0.1) is 0 Å². The number of hydrogen-bond donors (Lipinski definition) is 2. The van der Waals surface area contributed by atoms with E-state index in [1.165, 1.54) is 4.90 Å². The van der Waals surface area contributed by atoms with Crippen molar-refractivity contribution in [3.63, 3.8) is 0 Å². The van der Waals surface area contributed by atoms with E-state index >= 15 is 0 Å². The molecule has 1 unspecified atom stereocenters. The van der Waals surface area contributed by atoms with Crippen molar-refractivity contribution in [2.24, 2.45) is 5.92 Å².